The van der Waals surface area contributed by atoms with Crippen molar-refractivity contribution in [3.05, 3.63) is 59.2 Å². The van der Waals surface area contributed by atoms with Gasteiger partial charge in [-0.1, -0.05) is 75.8 Å². The van der Waals surface area contributed by atoms with E-state index in [0.29, 0.717) is 44.1 Å². The van der Waals surface area contributed by atoms with Crippen LogP contribution in [0.5, 0.6) is 0 Å². The average Bonchev–Trinajstić information content (AvgIpc) is 3.29. The minimum absolute atomic E-state index is 0.0341. The van der Waals surface area contributed by atoms with Gasteiger partial charge in [0.05, 0.1) is 36.6 Å². The molecule has 4 aliphatic rings. The number of esters is 1. The van der Waals surface area contributed by atoms with Gasteiger partial charge in [-0.15, -0.1) is 0 Å². The molecule has 1 unspecified atom stereocenters. The molecule has 64 heavy (non-hydrogen) atoms. The fraction of sp³-hybridized carbons (Fsp3) is 0.725. The van der Waals surface area contributed by atoms with E-state index in [4.69, 9.17) is 28.4 Å². The van der Waals surface area contributed by atoms with E-state index in [1.807, 2.05) is 64.1 Å². The highest BCUT2D eigenvalue weighted by Gasteiger charge is 2.56. The lowest BCUT2D eigenvalue weighted by Gasteiger charge is -2.47. The van der Waals surface area contributed by atoms with Gasteiger partial charge in [-0.05, 0) is 108 Å². The normalized spacial score (nSPS) is 38.3. The summed E-state index contributed by atoms with van der Waals surface area (Å²) < 4.78 is 37.0. The number of carbonyl (C=O) groups excluding carboxylic acids is 4. The molecule has 3 aliphatic heterocycles. The second-order valence-electron chi connectivity index (χ2n) is 19.3. The highest BCUT2D eigenvalue weighted by Crippen LogP contribution is 2.40. The molecule has 3 heterocycles. The maximum atomic E-state index is 14.5. The molecule has 1 saturated carbocycles. The van der Waals surface area contributed by atoms with E-state index in [9.17, 15) is 29.4 Å². The Labute approximate surface area is 381 Å². The Morgan fingerprint density at radius 3 is 2.23 bits per heavy atom. The topological polar surface area (TPSA) is 167 Å². The lowest BCUT2D eigenvalue weighted by atomic mass is 9.81. The van der Waals surface area contributed by atoms with Crippen LogP contribution in [0.15, 0.2) is 53.6 Å². The van der Waals surface area contributed by atoms with Crippen LogP contribution in [-0.4, -0.2) is 121 Å². The number of hydrogen-bond acceptors (Lipinski definition) is 12. The molecule has 2 N–H and O–H groups in total. The highest BCUT2D eigenvalue weighted by atomic mass is 16.7. The van der Waals surface area contributed by atoms with Gasteiger partial charge in [0.2, 0.25) is 5.79 Å². The van der Waals surface area contributed by atoms with Crippen LogP contribution in [0, 0.1) is 29.6 Å². The summed E-state index contributed by atoms with van der Waals surface area (Å²) in [6.07, 6.45) is 4.77. The fourth-order valence-electron chi connectivity index (χ4n) is 10.6. The van der Waals surface area contributed by atoms with E-state index in [1.165, 1.54) is 12.0 Å². The molecule has 3 fully saturated rings. The number of ketones is 2. The molecule has 1 amide bonds. The molecule has 2 saturated heterocycles. The van der Waals surface area contributed by atoms with E-state index in [1.54, 1.807) is 28.1 Å². The largest absolute Gasteiger partial charge is 0.456 e. The zero-order chi connectivity index (χ0) is 46.9. The van der Waals surface area contributed by atoms with Crippen molar-refractivity contribution in [1.29, 1.82) is 0 Å². The number of hydrogen-bond donors (Lipinski definition) is 2. The summed E-state index contributed by atoms with van der Waals surface area (Å²) in [6.45, 7) is 13.4. The van der Waals surface area contributed by atoms with Crippen molar-refractivity contribution in [2.75, 3.05) is 27.9 Å². The number of fused-ring (bicyclic) bond motifs is 3. The second-order valence-corrected chi connectivity index (χ2v) is 19.3. The molecule has 0 radical (unpaired) electrons. The van der Waals surface area contributed by atoms with Crippen LogP contribution in [0.25, 0.3) is 0 Å². The van der Waals surface area contributed by atoms with Gasteiger partial charge in [0.15, 0.2) is 0 Å². The number of piperidine rings is 1. The van der Waals surface area contributed by atoms with Gasteiger partial charge in [0.1, 0.15) is 24.0 Å². The van der Waals surface area contributed by atoms with Crippen LogP contribution in [0.3, 0.4) is 0 Å². The first-order valence-electron chi connectivity index (χ1n) is 23.8. The molecule has 1 aromatic carbocycles. The third kappa shape index (κ3) is 12.4. The summed E-state index contributed by atoms with van der Waals surface area (Å²) in [6, 6.07) is 8.94. The van der Waals surface area contributed by atoms with E-state index < -0.39 is 77.8 Å². The Hall–Kier alpha value is -3.30. The van der Waals surface area contributed by atoms with Crippen molar-refractivity contribution in [3.63, 3.8) is 0 Å². The van der Waals surface area contributed by atoms with Crippen molar-refractivity contribution >= 4 is 23.4 Å². The molecule has 13 nitrogen and oxygen atoms in total. The maximum Gasteiger partial charge on any atom is 0.329 e. The van der Waals surface area contributed by atoms with Crippen LogP contribution in [-0.2, 0) is 47.6 Å². The Morgan fingerprint density at radius 2 is 1.58 bits per heavy atom. The van der Waals surface area contributed by atoms with Gasteiger partial charge < -0.3 is 43.5 Å². The van der Waals surface area contributed by atoms with Gasteiger partial charge in [0, 0.05) is 52.0 Å². The van der Waals surface area contributed by atoms with Gasteiger partial charge >= 0.3 is 5.97 Å². The number of ether oxygens (including phenoxy) is 6. The molecule has 0 aromatic heterocycles. The summed E-state index contributed by atoms with van der Waals surface area (Å²) in [5.41, 5.74) is 2.79. The molecular weight excluding hydrogens is 819 g/mol. The molecule has 358 valence electrons. The molecule has 15 atom stereocenters. The minimum atomic E-state index is -2.50. The monoisotopic (exact) mass is 896 g/mol. The summed E-state index contributed by atoms with van der Waals surface area (Å²) >= 11 is 0. The summed E-state index contributed by atoms with van der Waals surface area (Å²) in [4.78, 5) is 58.4. The molecular formula is C51H77NO12. The van der Waals surface area contributed by atoms with Crippen molar-refractivity contribution < 1.29 is 57.8 Å². The van der Waals surface area contributed by atoms with Gasteiger partial charge in [-0.2, -0.15) is 0 Å². The third-order valence-corrected chi connectivity index (χ3v) is 14.5. The minimum Gasteiger partial charge on any atom is -0.456 e. The van der Waals surface area contributed by atoms with E-state index >= 15 is 0 Å². The van der Waals surface area contributed by atoms with Gasteiger partial charge in [-0.3, -0.25) is 14.4 Å². The number of benzene rings is 1. The predicted octanol–water partition coefficient (Wildman–Crippen LogP) is 7.26. The number of Topliss-reactive ketones (excluding diaryl/α,β-unsaturated/α-hetero) is 2. The maximum absolute atomic E-state index is 14.5. The van der Waals surface area contributed by atoms with Gasteiger partial charge in [-0.25, -0.2) is 4.79 Å². The first kappa shape index (κ1) is 51.7. The molecule has 1 aliphatic carbocycles. The molecule has 13 heteroatoms. The van der Waals surface area contributed by atoms with Crippen molar-refractivity contribution in [2.24, 2.45) is 29.6 Å². The number of carbonyl (C=O) groups is 4. The Balaban J connectivity index is 1.48. The van der Waals surface area contributed by atoms with Crippen molar-refractivity contribution in [1.82, 2.24) is 4.90 Å². The molecule has 2 bridgehead atoms. The first-order chi connectivity index (χ1) is 30.4. The van der Waals surface area contributed by atoms with Crippen molar-refractivity contribution in [2.45, 2.75) is 180 Å². The number of aliphatic hydroxyl groups is 2. The van der Waals surface area contributed by atoms with E-state index in [-0.39, 0.29) is 61.7 Å². The number of rotatable bonds is 9. The molecule has 5 rings (SSSR count). The zero-order valence-corrected chi connectivity index (χ0v) is 40.0. The highest BCUT2D eigenvalue weighted by molar-refractivity contribution is 6.39. The first-order valence-corrected chi connectivity index (χ1v) is 23.8. The number of aliphatic hydroxyl groups excluding tert-OH is 1. The number of nitrogens with zero attached hydrogens (tertiary/aromatic N) is 1. The summed E-state index contributed by atoms with van der Waals surface area (Å²) in [5, 5.41) is 24.0. The van der Waals surface area contributed by atoms with Crippen LogP contribution in [0.4, 0.5) is 0 Å². The number of cyclic esters (lactones) is 1. The smallest absolute Gasteiger partial charge is 0.329 e. The third-order valence-electron chi connectivity index (χ3n) is 14.5. The lowest BCUT2D eigenvalue weighted by Crippen LogP contribution is -2.64. The van der Waals surface area contributed by atoms with Crippen LogP contribution in [0.2, 0.25) is 0 Å². The fourth-order valence-corrected chi connectivity index (χ4v) is 10.6. The standard InChI is InChI=1S/C51H77NO12/c1-11-37-24-30(2)23-31(3)25-44(60-9)47-45(61-10)27-33(5)51(58,64-47)48(55)49(56)52-22-16-15-19-39(52)50(57)63-46(34(6)40(53)29-41(37)54)32(4)26-36-20-21-42(43(28-36)59-8)62-35(7)38-17-13-12-14-18-38/h12-14,17-18,24,26,31,33-37,39-40,42-47,53,58H,11,15-16,19-23,25,27-29H2,1-10H3/b30-24+,32-26+/t31-,33+,34+,35?,36-,37+,39-,40-,42+,43+,44-,45-,46+,47+,51+/m0/s1. The zero-order valence-electron chi connectivity index (χ0n) is 40.0. The number of amides is 1. The summed E-state index contributed by atoms with van der Waals surface area (Å²) in [5.74, 6) is -7.42. The van der Waals surface area contributed by atoms with E-state index in [2.05, 4.69) is 13.0 Å². The molecule has 0 spiro atoms. The van der Waals surface area contributed by atoms with Crippen LogP contribution < -0.4 is 0 Å². The predicted molar refractivity (Wildman–Crippen MR) is 242 cm³/mol. The van der Waals surface area contributed by atoms with E-state index in [0.717, 1.165) is 24.0 Å². The van der Waals surface area contributed by atoms with Crippen molar-refractivity contribution in [3.8, 4) is 0 Å². The van der Waals surface area contributed by atoms with Crippen LogP contribution >= 0.6 is 0 Å². The summed E-state index contributed by atoms with van der Waals surface area (Å²) in [7, 11) is 4.77. The SMILES string of the molecule is CC[C@@H]1/C=C(\C)C[C@H](C)C[C@H](OC)[C@H]2O[C@@](O)(C(=O)C(=O)N3CCCC[C@H]3C(=O)O[C@H](/C(C)=C/[C@@H]3CC[C@@H](OC(C)c4ccccc4)[C@H](OC)C3)[C@H](C)[C@@H](O)CC1=O)[C@H](C)C[C@@H]2OC. The Bertz CT molecular complexity index is 1780. The number of allylic oxidation sites excluding steroid dienone is 3. The van der Waals surface area contributed by atoms with Crippen LogP contribution in [0.1, 0.15) is 131 Å². The molecule has 1 aromatic rings. The quantitative estimate of drug-likeness (QED) is 0.145. The lowest BCUT2D eigenvalue weighted by molar-refractivity contribution is -0.302. The van der Waals surface area contributed by atoms with Gasteiger partial charge in [0.25, 0.3) is 11.7 Å². The average molecular weight is 896 g/mol. The second kappa shape index (κ2) is 23.4. The number of methoxy groups -OCH3 is 3. The Morgan fingerprint density at radius 1 is 0.906 bits per heavy atom. The Kier molecular flexibility index (Phi) is 18.9.